The molecule has 0 radical (unpaired) electrons. The molecule has 20 heavy (non-hydrogen) atoms. The van der Waals surface area contributed by atoms with Crippen molar-refractivity contribution in [2.75, 3.05) is 19.0 Å². The van der Waals surface area contributed by atoms with Gasteiger partial charge in [0.15, 0.2) is 0 Å². The van der Waals surface area contributed by atoms with Gasteiger partial charge in [-0.05, 0) is 24.7 Å². The SMILES string of the molecule is CCC1(CNc2cc(OC)cc([N+](=O)[O-])c2)CCCC1. The summed E-state index contributed by atoms with van der Waals surface area (Å²) in [6.07, 6.45) is 6.19. The molecule has 0 heterocycles. The van der Waals surface area contributed by atoms with Gasteiger partial charge in [0.05, 0.1) is 18.1 Å². The zero-order valence-electron chi connectivity index (χ0n) is 12.1. The first-order chi connectivity index (χ1) is 9.58. The van der Waals surface area contributed by atoms with Crippen molar-refractivity contribution in [3.05, 3.63) is 28.3 Å². The van der Waals surface area contributed by atoms with Gasteiger partial charge in [-0.1, -0.05) is 19.8 Å². The first-order valence-corrected chi connectivity index (χ1v) is 7.16. The molecule has 1 aliphatic carbocycles. The molecular weight excluding hydrogens is 256 g/mol. The van der Waals surface area contributed by atoms with Gasteiger partial charge in [0.2, 0.25) is 0 Å². The molecule has 5 nitrogen and oxygen atoms in total. The van der Waals surface area contributed by atoms with Crippen molar-refractivity contribution >= 4 is 11.4 Å². The van der Waals surface area contributed by atoms with Crippen LogP contribution < -0.4 is 10.1 Å². The number of hydrogen-bond donors (Lipinski definition) is 1. The number of hydrogen-bond acceptors (Lipinski definition) is 4. The summed E-state index contributed by atoms with van der Waals surface area (Å²) in [6.45, 7) is 3.09. The normalized spacial score (nSPS) is 16.9. The maximum atomic E-state index is 10.9. The average molecular weight is 278 g/mol. The number of anilines is 1. The van der Waals surface area contributed by atoms with E-state index in [4.69, 9.17) is 4.74 Å². The third-order valence-corrected chi connectivity index (χ3v) is 4.42. The van der Waals surface area contributed by atoms with E-state index >= 15 is 0 Å². The Bertz CT molecular complexity index is 482. The molecule has 1 aliphatic rings. The van der Waals surface area contributed by atoms with E-state index in [1.54, 1.807) is 6.07 Å². The smallest absolute Gasteiger partial charge is 0.275 e. The van der Waals surface area contributed by atoms with Crippen LogP contribution in [0.15, 0.2) is 18.2 Å². The van der Waals surface area contributed by atoms with Crippen LogP contribution in [0.3, 0.4) is 0 Å². The minimum atomic E-state index is -0.390. The fourth-order valence-electron chi connectivity index (χ4n) is 2.98. The minimum Gasteiger partial charge on any atom is -0.496 e. The molecule has 1 saturated carbocycles. The quantitative estimate of drug-likeness (QED) is 0.631. The van der Waals surface area contributed by atoms with Crippen molar-refractivity contribution in [3.8, 4) is 5.75 Å². The first kappa shape index (κ1) is 14.6. The summed E-state index contributed by atoms with van der Waals surface area (Å²) in [6, 6.07) is 4.82. The van der Waals surface area contributed by atoms with E-state index in [1.165, 1.54) is 38.9 Å². The highest BCUT2D eigenvalue weighted by molar-refractivity contribution is 5.56. The van der Waals surface area contributed by atoms with Crippen molar-refractivity contribution < 1.29 is 9.66 Å². The molecular formula is C15H22N2O3. The van der Waals surface area contributed by atoms with E-state index < -0.39 is 4.92 Å². The van der Waals surface area contributed by atoms with Crippen LogP contribution in [0.1, 0.15) is 39.0 Å². The van der Waals surface area contributed by atoms with E-state index in [1.807, 2.05) is 6.07 Å². The van der Waals surface area contributed by atoms with Crippen LogP contribution in [-0.4, -0.2) is 18.6 Å². The molecule has 0 aliphatic heterocycles. The van der Waals surface area contributed by atoms with Crippen molar-refractivity contribution in [1.29, 1.82) is 0 Å². The molecule has 110 valence electrons. The number of nitrogens with zero attached hydrogens (tertiary/aromatic N) is 1. The van der Waals surface area contributed by atoms with Crippen LogP contribution >= 0.6 is 0 Å². The Hall–Kier alpha value is -1.78. The Morgan fingerprint density at radius 1 is 1.35 bits per heavy atom. The summed E-state index contributed by atoms with van der Waals surface area (Å²) in [5.74, 6) is 0.513. The summed E-state index contributed by atoms with van der Waals surface area (Å²) in [4.78, 5) is 10.5. The minimum absolute atomic E-state index is 0.0591. The second kappa shape index (κ2) is 6.11. The number of benzene rings is 1. The Balaban J connectivity index is 2.12. The van der Waals surface area contributed by atoms with Gasteiger partial charge in [-0.2, -0.15) is 0 Å². The molecule has 0 aromatic heterocycles. The van der Waals surface area contributed by atoms with Crippen LogP contribution in [0.2, 0.25) is 0 Å². The zero-order chi connectivity index (χ0) is 14.6. The fraction of sp³-hybridized carbons (Fsp3) is 0.600. The van der Waals surface area contributed by atoms with E-state index in [2.05, 4.69) is 12.2 Å². The number of nitrogens with one attached hydrogen (secondary N) is 1. The van der Waals surface area contributed by atoms with E-state index in [9.17, 15) is 10.1 Å². The van der Waals surface area contributed by atoms with Gasteiger partial charge in [-0.3, -0.25) is 10.1 Å². The Morgan fingerprint density at radius 2 is 2.05 bits per heavy atom. The molecule has 1 aromatic carbocycles. The van der Waals surface area contributed by atoms with Crippen LogP contribution in [-0.2, 0) is 0 Å². The zero-order valence-corrected chi connectivity index (χ0v) is 12.1. The summed E-state index contributed by atoms with van der Waals surface area (Å²) in [7, 11) is 1.52. The molecule has 2 rings (SSSR count). The molecule has 0 spiro atoms. The number of rotatable bonds is 6. The summed E-state index contributed by atoms with van der Waals surface area (Å²) in [5.41, 5.74) is 1.16. The molecule has 1 fully saturated rings. The number of methoxy groups -OCH3 is 1. The Labute approximate surface area is 119 Å². The highest BCUT2D eigenvalue weighted by Gasteiger charge is 2.31. The van der Waals surface area contributed by atoms with Gasteiger partial charge in [-0.25, -0.2) is 0 Å². The van der Waals surface area contributed by atoms with Gasteiger partial charge < -0.3 is 10.1 Å². The molecule has 0 bridgehead atoms. The molecule has 0 atom stereocenters. The first-order valence-electron chi connectivity index (χ1n) is 7.16. The maximum Gasteiger partial charge on any atom is 0.275 e. The van der Waals surface area contributed by atoms with Gasteiger partial charge in [-0.15, -0.1) is 0 Å². The van der Waals surface area contributed by atoms with Gasteiger partial charge in [0.25, 0.3) is 5.69 Å². The second-order valence-corrected chi connectivity index (χ2v) is 5.59. The molecule has 0 unspecified atom stereocenters. The summed E-state index contributed by atoms with van der Waals surface area (Å²) in [5, 5.41) is 14.3. The monoisotopic (exact) mass is 278 g/mol. The van der Waals surface area contributed by atoms with E-state index in [0.717, 1.165) is 18.7 Å². The number of ether oxygens (including phenoxy) is 1. The molecule has 0 saturated heterocycles. The van der Waals surface area contributed by atoms with Crippen molar-refractivity contribution in [2.24, 2.45) is 5.41 Å². The van der Waals surface area contributed by atoms with Crippen LogP contribution in [0.4, 0.5) is 11.4 Å². The highest BCUT2D eigenvalue weighted by atomic mass is 16.6. The van der Waals surface area contributed by atoms with Crippen LogP contribution in [0.25, 0.3) is 0 Å². The largest absolute Gasteiger partial charge is 0.496 e. The average Bonchev–Trinajstić information content (AvgIpc) is 2.94. The third-order valence-electron chi connectivity index (χ3n) is 4.42. The van der Waals surface area contributed by atoms with Crippen molar-refractivity contribution in [1.82, 2.24) is 0 Å². The lowest BCUT2D eigenvalue weighted by Crippen LogP contribution is -2.25. The van der Waals surface area contributed by atoms with E-state index in [-0.39, 0.29) is 5.69 Å². The predicted molar refractivity (Wildman–Crippen MR) is 79.3 cm³/mol. The predicted octanol–water partition coefficient (Wildman–Crippen LogP) is 3.99. The molecule has 1 N–H and O–H groups in total. The van der Waals surface area contributed by atoms with Gasteiger partial charge >= 0.3 is 0 Å². The maximum absolute atomic E-state index is 10.9. The van der Waals surface area contributed by atoms with E-state index in [0.29, 0.717) is 11.2 Å². The summed E-state index contributed by atoms with van der Waals surface area (Å²) >= 11 is 0. The Morgan fingerprint density at radius 3 is 2.60 bits per heavy atom. The molecule has 0 amide bonds. The topological polar surface area (TPSA) is 64.4 Å². The van der Waals surface area contributed by atoms with Crippen molar-refractivity contribution in [2.45, 2.75) is 39.0 Å². The lowest BCUT2D eigenvalue weighted by atomic mass is 9.83. The molecule has 5 heteroatoms. The number of nitro benzene ring substituents is 1. The third kappa shape index (κ3) is 3.21. The highest BCUT2D eigenvalue weighted by Crippen LogP contribution is 2.41. The Kier molecular flexibility index (Phi) is 4.47. The number of non-ortho nitro benzene ring substituents is 1. The lowest BCUT2D eigenvalue weighted by Gasteiger charge is -2.28. The van der Waals surface area contributed by atoms with Gasteiger partial charge in [0, 0.05) is 24.4 Å². The van der Waals surface area contributed by atoms with Crippen molar-refractivity contribution in [3.63, 3.8) is 0 Å². The fourth-order valence-corrected chi connectivity index (χ4v) is 2.98. The second-order valence-electron chi connectivity index (χ2n) is 5.59. The van der Waals surface area contributed by atoms with Crippen LogP contribution in [0.5, 0.6) is 5.75 Å². The van der Waals surface area contributed by atoms with Crippen LogP contribution in [0, 0.1) is 15.5 Å². The summed E-state index contributed by atoms with van der Waals surface area (Å²) < 4.78 is 5.12. The standard InChI is InChI=1S/C15H22N2O3/c1-3-15(6-4-5-7-15)11-16-12-8-13(17(18)19)10-14(9-12)20-2/h8-10,16H,3-7,11H2,1-2H3. The number of nitro groups is 1. The lowest BCUT2D eigenvalue weighted by molar-refractivity contribution is -0.384. The molecule has 1 aromatic rings. The van der Waals surface area contributed by atoms with Gasteiger partial charge in [0.1, 0.15) is 5.75 Å².